The minimum atomic E-state index is -0.281. The van der Waals surface area contributed by atoms with Crippen LogP contribution in [0.25, 0.3) is 0 Å². The summed E-state index contributed by atoms with van der Waals surface area (Å²) in [5.41, 5.74) is 10.5. The standard InChI is InChI=1S/C33H36ClN5O3/c1-21(27-19-28(36-35-27)23-7-4-3-5-8-23)37(2)31(40)24-15-17-38(18-16-24)29-10-6-9-26-30(29)33(42)39(32(26)41)20-22-11-13-25(34)14-12-22/h3-14,21,24,27-28,35-36H,15-20H2,1-2H3. The van der Waals surface area contributed by atoms with Crippen LogP contribution in [0.1, 0.15) is 64.1 Å². The van der Waals surface area contributed by atoms with Crippen molar-refractivity contribution >= 4 is 35.0 Å². The van der Waals surface area contributed by atoms with Gasteiger partial charge in [-0.3, -0.25) is 24.7 Å². The van der Waals surface area contributed by atoms with E-state index in [1.165, 1.54) is 10.5 Å². The van der Waals surface area contributed by atoms with Crippen LogP contribution in [0.15, 0.2) is 72.8 Å². The third-order valence-corrected chi connectivity index (χ3v) is 9.34. The lowest BCUT2D eigenvalue weighted by molar-refractivity contribution is -0.137. The summed E-state index contributed by atoms with van der Waals surface area (Å²) in [6.45, 7) is 3.59. The third-order valence-electron chi connectivity index (χ3n) is 9.09. The molecule has 0 radical (unpaired) electrons. The molecule has 218 valence electrons. The topological polar surface area (TPSA) is 85.0 Å². The first kappa shape index (κ1) is 28.4. The molecule has 8 nitrogen and oxygen atoms in total. The van der Waals surface area contributed by atoms with E-state index in [1.54, 1.807) is 18.2 Å². The number of hydrogen-bond donors (Lipinski definition) is 2. The molecule has 0 aromatic heterocycles. The van der Waals surface area contributed by atoms with E-state index >= 15 is 0 Å². The summed E-state index contributed by atoms with van der Waals surface area (Å²) in [6.07, 6.45) is 2.29. The number of amides is 3. The molecular formula is C33H36ClN5O3. The zero-order valence-corrected chi connectivity index (χ0v) is 24.7. The van der Waals surface area contributed by atoms with Crippen molar-refractivity contribution in [3.05, 3.63) is 100 Å². The summed E-state index contributed by atoms with van der Waals surface area (Å²) in [7, 11) is 1.90. The fourth-order valence-corrected chi connectivity index (χ4v) is 6.55. The molecule has 3 aromatic carbocycles. The van der Waals surface area contributed by atoms with Crippen LogP contribution in [0, 0.1) is 5.92 Å². The van der Waals surface area contributed by atoms with Crippen LogP contribution in [0.3, 0.4) is 0 Å². The fourth-order valence-electron chi connectivity index (χ4n) is 6.42. The molecule has 2 fully saturated rings. The molecule has 0 aliphatic carbocycles. The zero-order valence-electron chi connectivity index (χ0n) is 23.9. The molecule has 0 spiro atoms. The Kier molecular flexibility index (Phi) is 8.03. The monoisotopic (exact) mass is 585 g/mol. The Morgan fingerprint density at radius 3 is 2.38 bits per heavy atom. The van der Waals surface area contributed by atoms with Crippen LogP contribution in [-0.4, -0.2) is 59.7 Å². The average molecular weight is 586 g/mol. The number of hydrogen-bond acceptors (Lipinski definition) is 6. The number of piperidine rings is 1. The summed E-state index contributed by atoms with van der Waals surface area (Å²) < 4.78 is 0. The van der Waals surface area contributed by atoms with Crippen LogP contribution in [0.2, 0.25) is 5.02 Å². The van der Waals surface area contributed by atoms with Crippen LogP contribution in [0.5, 0.6) is 0 Å². The number of imide groups is 1. The van der Waals surface area contributed by atoms with Gasteiger partial charge in [0.1, 0.15) is 0 Å². The molecule has 0 saturated carbocycles. The van der Waals surface area contributed by atoms with E-state index in [1.807, 2.05) is 54.4 Å². The second-order valence-electron chi connectivity index (χ2n) is 11.6. The predicted octanol–water partition coefficient (Wildman–Crippen LogP) is 4.81. The smallest absolute Gasteiger partial charge is 0.263 e. The lowest BCUT2D eigenvalue weighted by Crippen LogP contribution is -2.51. The van der Waals surface area contributed by atoms with Crippen molar-refractivity contribution in [1.29, 1.82) is 0 Å². The van der Waals surface area contributed by atoms with Crippen molar-refractivity contribution in [3.8, 4) is 0 Å². The molecule has 3 unspecified atom stereocenters. The van der Waals surface area contributed by atoms with Crippen molar-refractivity contribution in [1.82, 2.24) is 20.7 Å². The maximum absolute atomic E-state index is 13.6. The number of likely N-dealkylation sites (N-methyl/N-ethyl adjacent to an activating group) is 1. The summed E-state index contributed by atoms with van der Waals surface area (Å²) in [5.74, 6) is -0.481. The average Bonchev–Trinajstić information content (AvgIpc) is 3.62. The summed E-state index contributed by atoms with van der Waals surface area (Å²) in [4.78, 5) is 45.6. The maximum atomic E-state index is 13.6. The second-order valence-corrected chi connectivity index (χ2v) is 12.0. The molecule has 3 amide bonds. The number of rotatable bonds is 7. The molecular weight excluding hydrogens is 550 g/mol. The van der Waals surface area contributed by atoms with Gasteiger partial charge in [-0.2, -0.15) is 0 Å². The van der Waals surface area contributed by atoms with Crippen molar-refractivity contribution in [2.24, 2.45) is 5.92 Å². The number of halogens is 1. The van der Waals surface area contributed by atoms with E-state index in [-0.39, 0.29) is 48.3 Å². The number of benzene rings is 3. The van der Waals surface area contributed by atoms with Crippen LogP contribution < -0.4 is 15.8 Å². The van der Waals surface area contributed by atoms with Gasteiger partial charge in [-0.1, -0.05) is 60.1 Å². The molecule has 9 heteroatoms. The Labute approximate surface area is 251 Å². The largest absolute Gasteiger partial charge is 0.371 e. The Balaban J connectivity index is 1.08. The van der Waals surface area contributed by atoms with Gasteiger partial charge in [0.05, 0.1) is 23.4 Å². The van der Waals surface area contributed by atoms with Gasteiger partial charge < -0.3 is 9.80 Å². The van der Waals surface area contributed by atoms with Crippen molar-refractivity contribution in [2.75, 3.05) is 25.0 Å². The van der Waals surface area contributed by atoms with Crippen molar-refractivity contribution in [2.45, 2.75) is 50.9 Å². The van der Waals surface area contributed by atoms with E-state index in [2.05, 4.69) is 34.8 Å². The highest BCUT2D eigenvalue weighted by Crippen LogP contribution is 2.35. The number of anilines is 1. The summed E-state index contributed by atoms with van der Waals surface area (Å²) in [5, 5.41) is 0.606. The Hall–Kier alpha value is -3.72. The number of nitrogens with one attached hydrogen (secondary N) is 2. The number of carbonyl (C=O) groups is 3. The van der Waals surface area contributed by atoms with Gasteiger partial charge in [0.15, 0.2) is 0 Å². The Morgan fingerprint density at radius 1 is 0.952 bits per heavy atom. The van der Waals surface area contributed by atoms with Crippen molar-refractivity contribution in [3.63, 3.8) is 0 Å². The number of fused-ring (bicyclic) bond motifs is 1. The quantitative estimate of drug-likeness (QED) is 0.387. The molecule has 42 heavy (non-hydrogen) atoms. The first-order valence-corrected chi connectivity index (χ1v) is 15.0. The number of nitrogens with zero attached hydrogens (tertiary/aromatic N) is 3. The van der Waals surface area contributed by atoms with E-state index in [0.717, 1.165) is 17.7 Å². The highest BCUT2D eigenvalue weighted by atomic mass is 35.5. The number of hydrazine groups is 1. The van der Waals surface area contributed by atoms with E-state index < -0.39 is 0 Å². The SMILES string of the molecule is CC(C1CC(c2ccccc2)NN1)N(C)C(=O)C1CCN(c2cccc3c2C(=O)N(Cc2ccc(Cl)cc2)C3=O)CC1. The lowest BCUT2D eigenvalue weighted by Gasteiger charge is -2.37. The van der Waals surface area contributed by atoms with Gasteiger partial charge in [0, 0.05) is 49.2 Å². The normalized spacial score (nSPS) is 21.5. The molecule has 0 bridgehead atoms. The predicted molar refractivity (Wildman–Crippen MR) is 163 cm³/mol. The summed E-state index contributed by atoms with van der Waals surface area (Å²) >= 11 is 6.00. The lowest BCUT2D eigenvalue weighted by atomic mass is 9.92. The molecule has 6 rings (SSSR count). The van der Waals surface area contributed by atoms with Gasteiger partial charge in [-0.25, -0.2) is 5.43 Å². The maximum Gasteiger partial charge on any atom is 0.263 e. The molecule has 2 N–H and O–H groups in total. The second kappa shape index (κ2) is 11.9. The number of carbonyl (C=O) groups excluding carboxylic acids is 3. The molecule has 3 heterocycles. The molecule has 3 aliphatic rings. The van der Waals surface area contributed by atoms with Crippen LogP contribution in [0.4, 0.5) is 5.69 Å². The van der Waals surface area contributed by atoms with E-state index in [0.29, 0.717) is 42.1 Å². The first-order valence-electron chi connectivity index (χ1n) is 14.6. The van der Waals surface area contributed by atoms with Gasteiger partial charge in [0.2, 0.25) is 5.91 Å². The fraction of sp³-hybridized carbons (Fsp3) is 0.364. The van der Waals surface area contributed by atoms with Crippen LogP contribution in [-0.2, 0) is 11.3 Å². The van der Waals surface area contributed by atoms with Crippen molar-refractivity contribution < 1.29 is 14.4 Å². The molecule has 3 atom stereocenters. The van der Waals surface area contributed by atoms with Gasteiger partial charge in [-0.05, 0) is 61.6 Å². The minimum absolute atomic E-state index is 0.0318. The molecule has 3 aliphatic heterocycles. The summed E-state index contributed by atoms with van der Waals surface area (Å²) in [6, 6.07) is 23.4. The zero-order chi connectivity index (χ0) is 29.4. The molecule has 3 aromatic rings. The highest BCUT2D eigenvalue weighted by Gasteiger charge is 2.40. The minimum Gasteiger partial charge on any atom is -0.371 e. The van der Waals surface area contributed by atoms with E-state index in [4.69, 9.17) is 11.6 Å². The molecule has 2 saturated heterocycles. The van der Waals surface area contributed by atoms with Gasteiger partial charge in [-0.15, -0.1) is 0 Å². The van der Waals surface area contributed by atoms with Crippen LogP contribution >= 0.6 is 11.6 Å². The first-order chi connectivity index (χ1) is 20.3. The van der Waals surface area contributed by atoms with E-state index in [9.17, 15) is 14.4 Å². The van der Waals surface area contributed by atoms with Gasteiger partial charge in [0.25, 0.3) is 11.8 Å². The Bertz CT molecular complexity index is 1470. The van der Waals surface area contributed by atoms with Gasteiger partial charge >= 0.3 is 0 Å². The Morgan fingerprint density at radius 2 is 1.67 bits per heavy atom. The third kappa shape index (κ3) is 5.42. The highest BCUT2D eigenvalue weighted by molar-refractivity contribution is 6.30.